The Balaban J connectivity index is 2.36. The van der Waals surface area contributed by atoms with Crippen molar-refractivity contribution >= 4 is 33.5 Å². The van der Waals surface area contributed by atoms with Crippen LogP contribution in [0.5, 0.6) is 0 Å². The van der Waals surface area contributed by atoms with E-state index in [1.165, 1.54) is 12.3 Å². The first-order valence-electron chi connectivity index (χ1n) is 5.16. The van der Waals surface area contributed by atoms with Gasteiger partial charge in [0.05, 0.1) is 9.50 Å². The van der Waals surface area contributed by atoms with E-state index in [1.54, 1.807) is 12.1 Å². The van der Waals surface area contributed by atoms with E-state index < -0.39 is 11.8 Å². The number of halogens is 3. The maximum atomic E-state index is 13.7. The quantitative estimate of drug-likeness (QED) is 0.927. The van der Waals surface area contributed by atoms with Crippen LogP contribution < -0.4 is 0 Å². The normalized spacial score (nSPS) is 10.5. The molecule has 0 saturated carbocycles. The SMILES string of the molecule is O=C(O)c1nc(Cc2cccc(Cl)c2F)ncc1Br. The number of carboxylic acid groups (broad SMARTS) is 1. The van der Waals surface area contributed by atoms with Crippen LogP contribution >= 0.6 is 27.5 Å². The first-order valence-corrected chi connectivity index (χ1v) is 6.33. The highest BCUT2D eigenvalue weighted by atomic mass is 79.9. The molecular formula is C12H7BrClFN2O2. The van der Waals surface area contributed by atoms with Crippen LogP contribution in [0.4, 0.5) is 4.39 Å². The minimum absolute atomic E-state index is 0.00747. The highest BCUT2D eigenvalue weighted by Gasteiger charge is 2.14. The number of hydrogen-bond acceptors (Lipinski definition) is 3. The van der Waals surface area contributed by atoms with Gasteiger partial charge in [0.2, 0.25) is 0 Å². The van der Waals surface area contributed by atoms with Gasteiger partial charge in [0, 0.05) is 12.6 Å². The number of rotatable bonds is 3. The molecule has 0 bridgehead atoms. The summed E-state index contributed by atoms with van der Waals surface area (Å²) in [6.07, 6.45) is 1.40. The van der Waals surface area contributed by atoms with E-state index in [1.807, 2.05) is 0 Å². The van der Waals surface area contributed by atoms with Crippen LogP contribution in [0.3, 0.4) is 0 Å². The summed E-state index contributed by atoms with van der Waals surface area (Å²) in [7, 11) is 0. The number of hydrogen-bond donors (Lipinski definition) is 1. The van der Waals surface area contributed by atoms with Gasteiger partial charge in [-0.3, -0.25) is 0 Å². The summed E-state index contributed by atoms with van der Waals surface area (Å²) in [5.41, 5.74) is 0.151. The third kappa shape index (κ3) is 3.08. The Bertz CT molecular complexity index is 652. The molecule has 0 unspecified atom stereocenters. The molecule has 98 valence electrons. The molecule has 2 aromatic rings. The molecule has 0 aliphatic rings. The van der Waals surface area contributed by atoms with E-state index in [0.717, 1.165) is 0 Å². The van der Waals surface area contributed by atoms with Gasteiger partial charge < -0.3 is 5.11 Å². The smallest absolute Gasteiger partial charge is 0.355 e. The van der Waals surface area contributed by atoms with Crippen molar-refractivity contribution in [2.24, 2.45) is 0 Å². The minimum atomic E-state index is -1.18. The lowest BCUT2D eigenvalue weighted by molar-refractivity contribution is 0.0688. The zero-order chi connectivity index (χ0) is 14.0. The highest BCUT2D eigenvalue weighted by molar-refractivity contribution is 9.10. The van der Waals surface area contributed by atoms with Gasteiger partial charge in [-0.15, -0.1) is 0 Å². The predicted octanol–water partition coefficient (Wildman–Crippen LogP) is 3.32. The summed E-state index contributed by atoms with van der Waals surface area (Å²) in [5, 5.41) is 8.95. The summed E-state index contributed by atoms with van der Waals surface area (Å²) in [5.74, 6) is -1.52. The molecule has 2 rings (SSSR count). The summed E-state index contributed by atoms with van der Waals surface area (Å²) in [6, 6.07) is 4.59. The van der Waals surface area contributed by atoms with Gasteiger partial charge in [-0.25, -0.2) is 19.2 Å². The lowest BCUT2D eigenvalue weighted by Crippen LogP contribution is -2.07. The lowest BCUT2D eigenvalue weighted by atomic mass is 10.1. The minimum Gasteiger partial charge on any atom is -0.476 e. The molecule has 7 heteroatoms. The fourth-order valence-electron chi connectivity index (χ4n) is 1.49. The van der Waals surface area contributed by atoms with E-state index in [2.05, 4.69) is 25.9 Å². The highest BCUT2D eigenvalue weighted by Crippen LogP contribution is 2.20. The molecule has 1 N–H and O–H groups in total. The maximum absolute atomic E-state index is 13.7. The number of aromatic nitrogens is 2. The molecule has 1 aromatic heterocycles. The molecule has 0 aliphatic carbocycles. The van der Waals surface area contributed by atoms with E-state index in [9.17, 15) is 9.18 Å². The Morgan fingerprint density at radius 3 is 2.89 bits per heavy atom. The van der Waals surface area contributed by atoms with Gasteiger partial charge in [0.25, 0.3) is 0 Å². The van der Waals surface area contributed by atoms with E-state index in [0.29, 0.717) is 5.56 Å². The molecule has 1 heterocycles. The molecule has 0 atom stereocenters. The molecule has 4 nitrogen and oxygen atoms in total. The van der Waals surface area contributed by atoms with Gasteiger partial charge in [-0.2, -0.15) is 0 Å². The van der Waals surface area contributed by atoms with Crippen LogP contribution in [0.25, 0.3) is 0 Å². The van der Waals surface area contributed by atoms with Crippen molar-refractivity contribution in [1.29, 1.82) is 0 Å². The average molecular weight is 346 g/mol. The summed E-state index contributed by atoms with van der Waals surface area (Å²) in [4.78, 5) is 18.8. The van der Waals surface area contributed by atoms with E-state index >= 15 is 0 Å². The van der Waals surface area contributed by atoms with E-state index in [-0.39, 0.29) is 27.4 Å². The second-order valence-electron chi connectivity index (χ2n) is 3.68. The Kier molecular flexibility index (Phi) is 4.11. The number of nitrogens with zero attached hydrogens (tertiary/aromatic N) is 2. The van der Waals surface area contributed by atoms with Crippen LogP contribution in [-0.4, -0.2) is 21.0 Å². The van der Waals surface area contributed by atoms with Crippen molar-refractivity contribution in [1.82, 2.24) is 9.97 Å². The zero-order valence-corrected chi connectivity index (χ0v) is 11.7. The number of aromatic carboxylic acids is 1. The second-order valence-corrected chi connectivity index (χ2v) is 4.94. The maximum Gasteiger partial charge on any atom is 0.355 e. The Hall–Kier alpha value is -1.53. The van der Waals surface area contributed by atoms with Crippen molar-refractivity contribution < 1.29 is 14.3 Å². The number of benzene rings is 1. The fourth-order valence-corrected chi connectivity index (χ4v) is 2.05. The summed E-state index contributed by atoms with van der Waals surface area (Å²) < 4.78 is 14.0. The average Bonchev–Trinajstić information content (AvgIpc) is 2.37. The number of carbonyl (C=O) groups is 1. The van der Waals surface area contributed by atoms with Gasteiger partial charge >= 0.3 is 5.97 Å². The van der Waals surface area contributed by atoms with Crippen molar-refractivity contribution in [2.45, 2.75) is 6.42 Å². The largest absolute Gasteiger partial charge is 0.476 e. The topological polar surface area (TPSA) is 63.1 Å². The van der Waals surface area contributed by atoms with Crippen molar-refractivity contribution in [3.05, 3.63) is 56.8 Å². The van der Waals surface area contributed by atoms with Crippen LogP contribution in [0.2, 0.25) is 5.02 Å². The molecular weight excluding hydrogens is 338 g/mol. The summed E-state index contributed by atoms with van der Waals surface area (Å²) >= 11 is 8.71. The zero-order valence-electron chi connectivity index (χ0n) is 9.40. The summed E-state index contributed by atoms with van der Waals surface area (Å²) in [6.45, 7) is 0. The van der Waals surface area contributed by atoms with Gasteiger partial charge in [0.15, 0.2) is 5.69 Å². The molecule has 0 amide bonds. The van der Waals surface area contributed by atoms with Crippen molar-refractivity contribution in [3.8, 4) is 0 Å². The van der Waals surface area contributed by atoms with Crippen molar-refractivity contribution in [2.75, 3.05) is 0 Å². The Morgan fingerprint density at radius 2 is 2.21 bits per heavy atom. The Labute approximate surface area is 121 Å². The van der Waals surface area contributed by atoms with Gasteiger partial charge in [-0.05, 0) is 27.6 Å². The third-order valence-electron chi connectivity index (χ3n) is 2.38. The predicted molar refractivity (Wildman–Crippen MR) is 70.9 cm³/mol. The first kappa shape index (κ1) is 13.9. The monoisotopic (exact) mass is 344 g/mol. The van der Waals surface area contributed by atoms with Gasteiger partial charge in [0.1, 0.15) is 11.6 Å². The fraction of sp³-hybridized carbons (Fsp3) is 0.0833. The molecule has 0 spiro atoms. The number of carboxylic acids is 1. The van der Waals surface area contributed by atoms with Crippen LogP contribution in [0, 0.1) is 5.82 Å². The van der Waals surface area contributed by atoms with Crippen LogP contribution in [-0.2, 0) is 6.42 Å². The third-order valence-corrected chi connectivity index (χ3v) is 3.25. The van der Waals surface area contributed by atoms with Crippen LogP contribution in [0.15, 0.2) is 28.9 Å². The van der Waals surface area contributed by atoms with Gasteiger partial charge in [-0.1, -0.05) is 23.7 Å². The Morgan fingerprint density at radius 1 is 1.47 bits per heavy atom. The van der Waals surface area contributed by atoms with Crippen molar-refractivity contribution in [3.63, 3.8) is 0 Å². The molecule has 0 saturated heterocycles. The molecule has 0 aliphatic heterocycles. The van der Waals surface area contributed by atoms with Crippen LogP contribution in [0.1, 0.15) is 21.9 Å². The molecule has 1 aromatic carbocycles. The standard InChI is InChI=1S/C12H7BrClFN2O2/c13-7-5-16-9(17-11(7)12(18)19)4-6-2-1-3-8(14)10(6)15/h1-3,5H,4H2,(H,18,19). The van der Waals surface area contributed by atoms with E-state index in [4.69, 9.17) is 16.7 Å². The molecule has 0 fully saturated rings. The molecule has 19 heavy (non-hydrogen) atoms. The first-order chi connectivity index (χ1) is 8.99. The lowest BCUT2D eigenvalue weighted by Gasteiger charge is -2.05. The molecule has 0 radical (unpaired) electrons. The second kappa shape index (κ2) is 5.63.